The summed E-state index contributed by atoms with van der Waals surface area (Å²) in [6, 6.07) is 11.2. The molecule has 0 aliphatic rings. The van der Waals surface area contributed by atoms with Crippen LogP contribution in [0.5, 0.6) is 0 Å². The number of aryl methyl sites for hydroxylation is 1. The van der Waals surface area contributed by atoms with Gasteiger partial charge < -0.3 is 15.0 Å². The largest absolute Gasteiger partial charge is 0.461 e. The number of rotatable bonds is 9. The number of sulfonamides is 1. The molecule has 0 aliphatic heterocycles. The lowest BCUT2D eigenvalue weighted by Gasteiger charge is -2.17. The first-order chi connectivity index (χ1) is 14.2. The summed E-state index contributed by atoms with van der Waals surface area (Å²) in [7, 11) is -3.98. The minimum absolute atomic E-state index is 0. The van der Waals surface area contributed by atoms with E-state index >= 15 is 0 Å². The van der Waals surface area contributed by atoms with Crippen LogP contribution >= 0.6 is 12.4 Å². The van der Waals surface area contributed by atoms with Gasteiger partial charge in [0, 0.05) is 12.2 Å². The average molecular weight is 470 g/mol. The van der Waals surface area contributed by atoms with Crippen molar-refractivity contribution in [3.63, 3.8) is 0 Å². The smallest absolute Gasteiger partial charge is 0.338 e. The van der Waals surface area contributed by atoms with Crippen molar-refractivity contribution in [2.45, 2.75) is 25.7 Å². The molecule has 0 saturated heterocycles. The van der Waals surface area contributed by atoms with E-state index < -0.39 is 22.0 Å². The summed E-state index contributed by atoms with van der Waals surface area (Å²) >= 11 is 0. The van der Waals surface area contributed by atoms with Crippen molar-refractivity contribution in [2.75, 3.05) is 31.6 Å². The van der Waals surface area contributed by atoms with Crippen LogP contribution in [0.15, 0.2) is 53.4 Å². The maximum absolute atomic E-state index is 12.2. The van der Waals surface area contributed by atoms with Crippen LogP contribution in [0.2, 0.25) is 0 Å². The number of halogens is 1. The number of hydrogen-bond donors (Lipinski definition) is 2. The first-order valence-electron chi connectivity index (χ1n) is 9.65. The van der Waals surface area contributed by atoms with Crippen LogP contribution in [0.3, 0.4) is 0 Å². The second kappa shape index (κ2) is 12.3. The molecule has 0 fully saturated rings. The second-order valence-corrected chi connectivity index (χ2v) is 8.30. The van der Waals surface area contributed by atoms with Crippen LogP contribution in [0.1, 0.15) is 29.8 Å². The summed E-state index contributed by atoms with van der Waals surface area (Å²) in [5.41, 5.74) is 1.59. The van der Waals surface area contributed by atoms with Crippen molar-refractivity contribution in [1.82, 2.24) is 9.62 Å². The summed E-state index contributed by atoms with van der Waals surface area (Å²) in [5.74, 6) is -0.458. The van der Waals surface area contributed by atoms with Gasteiger partial charge in [-0.15, -0.1) is 12.4 Å². The highest BCUT2D eigenvalue weighted by molar-refractivity contribution is 7.90. The van der Waals surface area contributed by atoms with Gasteiger partial charge in [-0.1, -0.05) is 31.5 Å². The molecule has 2 aromatic carbocycles. The molecule has 2 N–H and O–H groups in total. The molecule has 2 rings (SSSR count). The Morgan fingerprint density at radius 3 is 2.10 bits per heavy atom. The van der Waals surface area contributed by atoms with Gasteiger partial charge in [0.25, 0.3) is 10.0 Å². The van der Waals surface area contributed by atoms with Crippen LogP contribution in [0.4, 0.5) is 10.5 Å². The highest BCUT2D eigenvalue weighted by Crippen LogP contribution is 2.13. The quantitative estimate of drug-likeness (QED) is 0.545. The van der Waals surface area contributed by atoms with Gasteiger partial charge in [0.05, 0.1) is 10.5 Å². The molecule has 0 aromatic heterocycles. The summed E-state index contributed by atoms with van der Waals surface area (Å²) in [6.07, 6.45) is 0. The van der Waals surface area contributed by atoms with Gasteiger partial charge in [0.1, 0.15) is 6.61 Å². The average Bonchev–Trinajstić information content (AvgIpc) is 2.71. The van der Waals surface area contributed by atoms with Crippen molar-refractivity contribution < 1.29 is 22.7 Å². The summed E-state index contributed by atoms with van der Waals surface area (Å²) in [4.78, 5) is 26.3. The molecule has 0 bridgehead atoms. The minimum Gasteiger partial charge on any atom is -0.461 e. The number of amides is 2. The van der Waals surface area contributed by atoms with Gasteiger partial charge in [-0.05, 0) is 56.4 Å². The third-order valence-corrected chi connectivity index (χ3v) is 5.82. The number of hydrogen-bond acceptors (Lipinski definition) is 6. The predicted molar refractivity (Wildman–Crippen MR) is 122 cm³/mol. The van der Waals surface area contributed by atoms with Crippen LogP contribution in [-0.4, -0.2) is 51.6 Å². The number of nitrogens with zero attached hydrogens (tertiary/aromatic N) is 1. The number of carbonyl (C=O) groups is 2. The number of urea groups is 1. The number of nitrogens with one attached hydrogen (secondary N) is 2. The predicted octanol–water partition coefficient (Wildman–Crippen LogP) is 3.43. The molecule has 0 atom stereocenters. The van der Waals surface area contributed by atoms with Gasteiger partial charge in [0.15, 0.2) is 0 Å². The van der Waals surface area contributed by atoms with Crippen LogP contribution < -0.4 is 10.0 Å². The molecule has 0 spiro atoms. The number of anilines is 1. The summed E-state index contributed by atoms with van der Waals surface area (Å²) in [5, 5.41) is 2.43. The highest BCUT2D eigenvalue weighted by Gasteiger charge is 2.17. The van der Waals surface area contributed by atoms with Crippen molar-refractivity contribution in [3.05, 3.63) is 59.7 Å². The van der Waals surface area contributed by atoms with Crippen molar-refractivity contribution in [1.29, 1.82) is 0 Å². The van der Waals surface area contributed by atoms with E-state index in [0.29, 0.717) is 24.4 Å². The zero-order valence-electron chi connectivity index (χ0n) is 17.8. The molecule has 8 nitrogen and oxygen atoms in total. The van der Waals surface area contributed by atoms with Crippen molar-refractivity contribution in [3.8, 4) is 0 Å². The standard InChI is InChI=1S/C21H27N3O5S.ClH/c1-4-24(5-2)14-15-29-20(25)17-8-10-18(11-9-17)22-21(26)23-30(27,28)19-12-6-16(3)7-13-19;/h6-13H,4-5,14-15H2,1-3H3,(H2,22,23,26);1H. The molecule has 0 unspecified atom stereocenters. The molecular weight excluding hydrogens is 442 g/mol. The van der Waals surface area contributed by atoms with Crippen LogP contribution in [0, 0.1) is 6.92 Å². The number of benzene rings is 2. The lowest BCUT2D eigenvalue weighted by atomic mass is 10.2. The van der Waals surface area contributed by atoms with E-state index in [1.807, 2.05) is 25.5 Å². The Morgan fingerprint density at radius 1 is 0.968 bits per heavy atom. The Labute approximate surface area is 189 Å². The number of esters is 1. The number of carbonyl (C=O) groups excluding carboxylic acids is 2. The van der Waals surface area contributed by atoms with Crippen LogP contribution in [0.25, 0.3) is 0 Å². The third-order valence-electron chi connectivity index (χ3n) is 4.47. The summed E-state index contributed by atoms with van der Waals surface area (Å²) < 4.78 is 31.7. The van der Waals surface area contributed by atoms with Crippen LogP contribution in [-0.2, 0) is 14.8 Å². The molecule has 0 saturated carbocycles. The van der Waals surface area contributed by atoms with Crippen molar-refractivity contribution >= 4 is 40.1 Å². The van der Waals surface area contributed by atoms with E-state index in [4.69, 9.17) is 4.74 Å². The van der Waals surface area contributed by atoms with E-state index in [0.717, 1.165) is 18.7 Å². The number of ether oxygens (including phenoxy) is 1. The fourth-order valence-electron chi connectivity index (χ4n) is 2.64. The van der Waals surface area contributed by atoms with E-state index in [1.165, 1.54) is 36.4 Å². The maximum Gasteiger partial charge on any atom is 0.338 e. The first-order valence-corrected chi connectivity index (χ1v) is 11.1. The lowest BCUT2D eigenvalue weighted by molar-refractivity contribution is 0.0466. The van der Waals surface area contributed by atoms with Gasteiger partial charge in [0.2, 0.25) is 0 Å². The molecule has 170 valence electrons. The fourth-order valence-corrected chi connectivity index (χ4v) is 3.54. The summed E-state index contributed by atoms with van der Waals surface area (Å²) in [6.45, 7) is 8.64. The third kappa shape index (κ3) is 8.20. The molecule has 0 aliphatic carbocycles. The molecule has 31 heavy (non-hydrogen) atoms. The molecule has 0 heterocycles. The zero-order chi connectivity index (χ0) is 22.1. The topological polar surface area (TPSA) is 105 Å². The number of likely N-dealkylation sites (N-methyl/N-ethyl adjacent to an activating group) is 1. The van der Waals surface area contributed by atoms with Gasteiger partial charge >= 0.3 is 12.0 Å². The molecule has 0 radical (unpaired) electrons. The van der Waals surface area contributed by atoms with Gasteiger partial charge in [-0.3, -0.25) is 0 Å². The molecule has 2 amide bonds. The van der Waals surface area contributed by atoms with Gasteiger partial charge in [-0.2, -0.15) is 0 Å². The Balaban J connectivity index is 0.00000480. The minimum atomic E-state index is -3.98. The van der Waals surface area contributed by atoms with Gasteiger partial charge in [-0.25, -0.2) is 22.7 Å². The maximum atomic E-state index is 12.2. The Hall–Kier alpha value is -2.62. The highest BCUT2D eigenvalue weighted by atomic mass is 35.5. The van der Waals surface area contributed by atoms with E-state index in [2.05, 4.69) is 10.2 Å². The fraction of sp³-hybridized carbons (Fsp3) is 0.333. The Morgan fingerprint density at radius 2 is 1.55 bits per heavy atom. The SMILES string of the molecule is CCN(CC)CCOC(=O)c1ccc(NC(=O)NS(=O)(=O)c2ccc(C)cc2)cc1.Cl. The lowest BCUT2D eigenvalue weighted by Crippen LogP contribution is -2.34. The second-order valence-electron chi connectivity index (χ2n) is 6.61. The molecule has 2 aromatic rings. The Bertz CT molecular complexity index is 960. The van der Waals surface area contributed by atoms with E-state index in [1.54, 1.807) is 12.1 Å². The van der Waals surface area contributed by atoms with Crippen molar-refractivity contribution in [2.24, 2.45) is 0 Å². The first kappa shape index (κ1) is 26.4. The van der Waals surface area contributed by atoms with E-state index in [-0.39, 0.29) is 17.3 Å². The molecular formula is C21H28ClN3O5S. The normalized spacial score (nSPS) is 10.8. The monoisotopic (exact) mass is 469 g/mol. The zero-order valence-corrected chi connectivity index (χ0v) is 19.4. The van der Waals surface area contributed by atoms with E-state index in [9.17, 15) is 18.0 Å². The molecule has 10 heteroatoms. The Kier molecular flexibility index (Phi) is 10.5.